The summed E-state index contributed by atoms with van der Waals surface area (Å²) in [6, 6.07) is 8.89. The van der Waals surface area contributed by atoms with Crippen molar-refractivity contribution in [3.63, 3.8) is 0 Å². The summed E-state index contributed by atoms with van der Waals surface area (Å²) in [5, 5.41) is 4.34. The molecular weight excluding hydrogens is 470 g/mol. The summed E-state index contributed by atoms with van der Waals surface area (Å²) in [5.74, 6) is -0.418. The van der Waals surface area contributed by atoms with Crippen molar-refractivity contribution in [2.45, 2.75) is 39.4 Å². The first-order chi connectivity index (χ1) is 14.1. The summed E-state index contributed by atoms with van der Waals surface area (Å²) in [7, 11) is 0. The van der Waals surface area contributed by atoms with Crippen LogP contribution in [0.3, 0.4) is 0 Å². The second-order valence-electron chi connectivity index (χ2n) is 6.92. The van der Waals surface area contributed by atoms with Crippen molar-refractivity contribution in [3.8, 4) is 5.75 Å². The van der Waals surface area contributed by atoms with Crippen LogP contribution in [0.2, 0.25) is 20.1 Å². The van der Waals surface area contributed by atoms with Crippen molar-refractivity contribution in [1.82, 2.24) is 10.2 Å². The van der Waals surface area contributed by atoms with Gasteiger partial charge in [-0.1, -0.05) is 52.5 Å². The topological polar surface area (TPSA) is 58.6 Å². The van der Waals surface area contributed by atoms with Gasteiger partial charge in [0, 0.05) is 33.2 Å². The lowest BCUT2D eigenvalue weighted by Gasteiger charge is -2.30. The third kappa shape index (κ3) is 6.67. The fourth-order valence-electron chi connectivity index (χ4n) is 2.66. The Bertz CT molecular complexity index is 901. The average molecular weight is 492 g/mol. The number of hydrogen-bond donors (Lipinski definition) is 1. The van der Waals surface area contributed by atoms with Gasteiger partial charge in [0.25, 0.3) is 5.91 Å². The fraction of sp³-hybridized carbons (Fsp3) is 0.333. The predicted molar refractivity (Wildman–Crippen MR) is 122 cm³/mol. The Morgan fingerprint density at radius 3 is 2.20 bits per heavy atom. The Morgan fingerprint density at radius 1 is 1.00 bits per heavy atom. The third-order valence-electron chi connectivity index (χ3n) is 4.23. The van der Waals surface area contributed by atoms with Gasteiger partial charge in [0.2, 0.25) is 5.91 Å². The van der Waals surface area contributed by atoms with E-state index in [2.05, 4.69) is 5.32 Å². The molecule has 0 fully saturated rings. The van der Waals surface area contributed by atoms with Crippen LogP contribution in [-0.4, -0.2) is 35.4 Å². The molecule has 0 aliphatic rings. The van der Waals surface area contributed by atoms with E-state index in [1.54, 1.807) is 37.3 Å². The van der Waals surface area contributed by atoms with Crippen LogP contribution >= 0.6 is 46.4 Å². The number of rotatable bonds is 8. The van der Waals surface area contributed by atoms with Crippen molar-refractivity contribution in [2.75, 3.05) is 6.61 Å². The standard InChI is InChI=1S/C21H22Cl4N2O3/c1-12(2)26-21(29)13(3)27(10-15-16(23)5-4-6-17(15)24)20(28)11-30-19-8-7-14(22)9-18(19)25/h4-9,12-13H,10-11H2,1-3H3,(H,26,29)/t13-/m0/s1. The normalized spacial score (nSPS) is 11.9. The van der Waals surface area contributed by atoms with Crippen LogP contribution in [0.4, 0.5) is 0 Å². The molecule has 0 aliphatic carbocycles. The molecule has 30 heavy (non-hydrogen) atoms. The molecule has 0 unspecified atom stereocenters. The van der Waals surface area contributed by atoms with Crippen LogP contribution in [0, 0.1) is 0 Å². The Kier molecular flexibility index (Phi) is 9.10. The molecule has 2 aromatic carbocycles. The van der Waals surface area contributed by atoms with Crippen LogP contribution < -0.4 is 10.1 Å². The minimum absolute atomic E-state index is 0.0434. The highest BCUT2D eigenvalue weighted by Crippen LogP contribution is 2.29. The number of halogens is 4. The van der Waals surface area contributed by atoms with Crippen LogP contribution in [0.25, 0.3) is 0 Å². The molecule has 0 saturated carbocycles. The number of ether oxygens (including phenoxy) is 1. The van der Waals surface area contributed by atoms with E-state index in [4.69, 9.17) is 51.1 Å². The van der Waals surface area contributed by atoms with Crippen LogP contribution in [0.1, 0.15) is 26.3 Å². The molecular formula is C21H22Cl4N2O3. The Hall–Kier alpha value is -1.66. The van der Waals surface area contributed by atoms with E-state index in [-0.39, 0.29) is 30.1 Å². The van der Waals surface area contributed by atoms with E-state index in [0.717, 1.165) is 0 Å². The lowest BCUT2D eigenvalue weighted by atomic mass is 10.1. The number of amides is 2. The number of nitrogens with one attached hydrogen (secondary N) is 1. The zero-order valence-corrected chi connectivity index (χ0v) is 19.7. The molecule has 0 aliphatic heterocycles. The van der Waals surface area contributed by atoms with Crippen molar-refractivity contribution in [2.24, 2.45) is 0 Å². The summed E-state index contributed by atoms with van der Waals surface area (Å²) in [5.41, 5.74) is 0.544. The van der Waals surface area contributed by atoms with E-state index >= 15 is 0 Å². The second-order valence-corrected chi connectivity index (χ2v) is 8.58. The summed E-state index contributed by atoms with van der Waals surface area (Å²) >= 11 is 24.5. The molecule has 1 N–H and O–H groups in total. The SMILES string of the molecule is CC(C)NC(=O)[C@H](C)N(Cc1c(Cl)cccc1Cl)C(=O)COc1ccc(Cl)cc1Cl. The van der Waals surface area contributed by atoms with Gasteiger partial charge in [-0.15, -0.1) is 0 Å². The lowest BCUT2D eigenvalue weighted by molar-refractivity contribution is -0.142. The van der Waals surface area contributed by atoms with Crippen molar-refractivity contribution in [3.05, 3.63) is 62.1 Å². The molecule has 9 heteroatoms. The molecule has 5 nitrogen and oxygen atoms in total. The van der Waals surface area contributed by atoms with Gasteiger partial charge >= 0.3 is 0 Å². The lowest BCUT2D eigenvalue weighted by Crippen LogP contribution is -2.50. The minimum Gasteiger partial charge on any atom is -0.482 e. The summed E-state index contributed by atoms with van der Waals surface area (Å²) < 4.78 is 5.56. The number of nitrogens with zero attached hydrogens (tertiary/aromatic N) is 1. The molecule has 2 rings (SSSR count). The van der Waals surface area contributed by atoms with Crippen molar-refractivity contribution >= 4 is 58.2 Å². The molecule has 0 heterocycles. The van der Waals surface area contributed by atoms with Crippen LogP contribution in [0.15, 0.2) is 36.4 Å². The molecule has 2 amide bonds. The summed E-state index contributed by atoms with van der Waals surface area (Å²) in [4.78, 5) is 27.0. The maximum absolute atomic E-state index is 13.0. The Balaban J connectivity index is 2.24. The van der Waals surface area contributed by atoms with Crippen molar-refractivity contribution in [1.29, 1.82) is 0 Å². The first kappa shape index (κ1) is 24.6. The summed E-state index contributed by atoms with van der Waals surface area (Å²) in [6.45, 7) is 5.03. The van der Waals surface area contributed by atoms with Gasteiger partial charge in [-0.3, -0.25) is 9.59 Å². The number of hydrogen-bond acceptors (Lipinski definition) is 3. The van der Waals surface area contributed by atoms with Gasteiger partial charge in [0.05, 0.1) is 5.02 Å². The maximum atomic E-state index is 13.0. The fourth-order valence-corrected chi connectivity index (χ4v) is 3.64. The molecule has 1 atom stereocenters. The van der Waals surface area contributed by atoms with E-state index in [1.165, 1.54) is 11.0 Å². The Labute approximate surface area is 196 Å². The zero-order chi connectivity index (χ0) is 22.4. The highest BCUT2D eigenvalue weighted by Gasteiger charge is 2.28. The number of carbonyl (C=O) groups excluding carboxylic acids is 2. The van der Waals surface area contributed by atoms with Gasteiger partial charge < -0.3 is 15.0 Å². The highest BCUT2D eigenvalue weighted by atomic mass is 35.5. The smallest absolute Gasteiger partial charge is 0.261 e. The van der Waals surface area contributed by atoms with E-state index < -0.39 is 11.9 Å². The highest BCUT2D eigenvalue weighted by molar-refractivity contribution is 6.36. The van der Waals surface area contributed by atoms with Gasteiger partial charge in [0.1, 0.15) is 11.8 Å². The first-order valence-electron chi connectivity index (χ1n) is 9.20. The largest absolute Gasteiger partial charge is 0.482 e. The maximum Gasteiger partial charge on any atom is 0.261 e. The Morgan fingerprint density at radius 2 is 1.63 bits per heavy atom. The quantitative estimate of drug-likeness (QED) is 0.521. The van der Waals surface area contributed by atoms with Crippen LogP contribution in [-0.2, 0) is 16.1 Å². The number of benzene rings is 2. The molecule has 2 aromatic rings. The first-order valence-corrected chi connectivity index (χ1v) is 10.7. The van der Waals surface area contributed by atoms with Gasteiger partial charge in [-0.2, -0.15) is 0 Å². The monoisotopic (exact) mass is 490 g/mol. The second kappa shape index (κ2) is 11.1. The molecule has 0 aromatic heterocycles. The minimum atomic E-state index is -0.781. The molecule has 162 valence electrons. The van der Waals surface area contributed by atoms with Gasteiger partial charge in [0.15, 0.2) is 6.61 Å². The van der Waals surface area contributed by atoms with E-state index in [9.17, 15) is 9.59 Å². The van der Waals surface area contributed by atoms with E-state index in [0.29, 0.717) is 26.4 Å². The molecule has 0 radical (unpaired) electrons. The van der Waals surface area contributed by atoms with Gasteiger partial charge in [-0.05, 0) is 51.1 Å². The summed E-state index contributed by atoms with van der Waals surface area (Å²) in [6.07, 6.45) is 0. The number of carbonyl (C=O) groups is 2. The molecule has 0 spiro atoms. The average Bonchev–Trinajstić information content (AvgIpc) is 2.66. The molecule has 0 bridgehead atoms. The van der Waals surface area contributed by atoms with Crippen molar-refractivity contribution < 1.29 is 14.3 Å². The third-order valence-corrected chi connectivity index (χ3v) is 5.47. The van der Waals surface area contributed by atoms with Gasteiger partial charge in [-0.25, -0.2) is 0 Å². The van der Waals surface area contributed by atoms with E-state index in [1.807, 2.05) is 13.8 Å². The zero-order valence-electron chi connectivity index (χ0n) is 16.7. The predicted octanol–water partition coefficient (Wildman–Crippen LogP) is 5.62. The molecule has 0 saturated heterocycles. The van der Waals surface area contributed by atoms with Crippen LogP contribution in [0.5, 0.6) is 5.75 Å².